The summed E-state index contributed by atoms with van der Waals surface area (Å²) in [7, 11) is -14.5. The minimum absolute atomic E-state index is 0.0335. The van der Waals surface area contributed by atoms with Crippen LogP contribution in [0.4, 0.5) is 11.4 Å². The number of aryl methyl sites for hydroxylation is 1. The monoisotopic (exact) mass is 765 g/mol. The summed E-state index contributed by atoms with van der Waals surface area (Å²) in [4.78, 5) is 37.4. The normalized spacial score (nSPS) is 13.6. The molecule has 5 rings (SSSR count). The third-order valence-corrected chi connectivity index (χ3v) is 10.8. The van der Waals surface area contributed by atoms with Crippen LogP contribution in [0, 0.1) is 5.41 Å². The Labute approximate surface area is 291 Å². The Morgan fingerprint density at radius 1 is 0.780 bits per heavy atom. The van der Waals surface area contributed by atoms with Crippen molar-refractivity contribution in [3.63, 3.8) is 0 Å². The first-order chi connectivity index (χ1) is 23.1. The second-order valence-electron chi connectivity index (χ2n) is 12.1. The van der Waals surface area contributed by atoms with Crippen LogP contribution in [-0.2, 0) is 43.2 Å². The molecule has 20 heteroatoms. The van der Waals surface area contributed by atoms with Crippen molar-refractivity contribution in [3.05, 3.63) is 93.3 Å². The maximum absolute atomic E-state index is 13.6. The number of ketones is 2. The molecule has 1 aliphatic rings. The van der Waals surface area contributed by atoms with Crippen molar-refractivity contribution < 1.29 is 48.5 Å². The molecule has 0 spiro atoms. The Morgan fingerprint density at radius 2 is 1.36 bits per heavy atom. The number of fused-ring (bicyclic) bond motifs is 2. The number of halogens is 1. The summed E-state index contributed by atoms with van der Waals surface area (Å²) >= 11 is 6.12. The van der Waals surface area contributed by atoms with E-state index in [9.17, 15) is 48.5 Å². The van der Waals surface area contributed by atoms with Gasteiger partial charge in [0.1, 0.15) is 16.5 Å². The van der Waals surface area contributed by atoms with Gasteiger partial charge in [0.05, 0.1) is 26.6 Å². The van der Waals surface area contributed by atoms with Crippen molar-refractivity contribution in [3.8, 4) is 0 Å². The highest BCUT2D eigenvalue weighted by molar-refractivity contribution is 7.86. The number of nitrogen functional groups attached to an aromatic ring is 1. The number of aromatic nitrogens is 3. The summed E-state index contributed by atoms with van der Waals surface area (Å²) < 4.78 is 101. The van der Waals surface area contributed by atoms with Gasteiger partial charge in [0.15, 0.2) is 11.6 Å². The first-order valence-corrected chi connectivity index (χ1v) is 19.1. The molecule has 1 heterocycles. The molecular weight excluding hydrogens is 738 g/mol. The van der Waals surface area contributed by atoms with Crippen LogP contribution in [0.5, 0.6) is 0 Å². The Bertz CT molecular complexity index is 2440. The van der Waals surface area contributed by atoms with Gasteiger partial charge >= 0.3 is 0 Å². The number of hydrogen-bond acceptors (Lipinski definition) is 13. The molecule has 0 atom stereocenters. The topological polar surface area (TPSA) is 274 Å². The fourth-order valence-corrected chi connectivity index (χ4v) is 7.50. The Kier molecular flexibility index (Phi) is 9.64. The number of hydrogen-bond donors (Lipinski definition) is 5. The molecule has 50 heavy (non-hydrogen) atoms. The van der Waals surface area contributed by atoms with Gasteiger partial charge in [-0.1, -0.05) is 38.1 Å². The van der Waals surface area contributed by atoms with E-state index >= 15 is 0 Å². The molecular formula is C30H28ClN5O11S3. The zero-order chi connectivity index (χ0) is 37.0. The summed E-state index contributed by atoms with van der Waals surface area (Å²) in [5.41, 5.74) is 4.17. The van der Waals surface area contributed by atoms with Crippen LogP contribution < -0.4 is 11.1 Å². The van der Waals surface area contributed by atoms with E-state index in [-0.39, 0.29) is 63.4 Å². The quantitative estimate of drug-likeness (QED) is 0.0953. The van der Waals surface area contributed by atoms with E-state index < -0.39 is 74.1 Å². The fraction of sp³-hybridized carbons (Fsp3) is 0.233. The van der Waals surface area contributed by atoms with Gasteiger partial charge in [-0.05, 0) is 53.3 Å². The van der Waals surface area contributed by atoms with Crippen molar-refractivity contribution in [1.29, 1.82) is 0 Å². The zero-order valence-electron chi connectivity index (χ0n) is 26.1. The fourth-order valence-electron chi connectivity index (χ4n) is 5.42. The summed E-state index contributed by atoms with van der Waals surface area (Å²) in [5.74, 6) is -1.18. The molecule has 0 fully saturated rings. The van der Waals surface area contributed by atoms with Crippen molar-refractivity contribution in [2.45, 2.75) is 47.8 Å². The molecule has 0 bridgehead atoms. The maximum atomic E-state index is 13.6. The minimum atomic E-state index is -4.91. The van der Waals surface area contributed by atoms with E-state index in [1.807, 2.05) is 13.8 Å². The standard InChI is InChI=1S/C30H28ClN5O11S3/c1-30(2,10-9-22-34-23(36-29(31)35-22)12-15-11-16(48(39,40)41)7-8-20(15)49(42,43)44)14-33-19-13-21(50(45,46)47)26(32)25-24(19)27(37)17-5-3-4-6-18(17)28(25)38/h3-8,11,13,33H,9-10,12,14,32H2,1-2H3,(H,39,40,41)(H,42,43,44)(H,45,46,47). The molecule has 264 valence electrons. The lowest BCUT2D eigenvalue weighted by atomic mass is 9.82. The Hall–Kier alpha value is -4.37. The van der Waals surface area contributed by atoms with Crippen molar-refractivity contribution >= 4 is 64.9 Å². The smallest absolute Gasteiger partial charge is 0.296 e. The van der Waals surface area contributed by atoms with Gasteiger partial charge in [-0.3, -0.25) is 23.2 Å². The predicted molar refractivity (Wildman–Crippen MR) is 178 cm³/mol. The number of nitrogens with one attached hydrogen (secondary N) is 1. The van der Waals surface area contributed by atoms with Crippen LogP contribution >= 0.6 is 11.6 Å². The number of anilines is 2. The van der Waals surface area contributed by atoms with Crippen LogP contribution in [0.3, 0.4) is 0 Å². The van der Waals surface area contributed by atoms with Gasteiger partial charge in [0, 0.05) is 36.2 Å². The molecule has 0 saturated carbocycles. The lowest BCUT2D eigenvalue weighted by molar-refractivity contribution is 0.0980. The second-order valence-corrected chi connectivity index (χ2v) is 16.7. The zero-order valence-corrected chi connectivity index (χ0v) is 29.3. The molecule has 16 nitrogen and oxygen atoms in total. The molecule has 1 aliphatic carbocycles. The average molecular weight is 766 g/mol. The van der Waals surface area contributed by atoms with Crippen LogP contribution in [0.2, 0.25) is 5.28 Å². The first-order valence-electron chi connectivity index (χ1n) is 14.4. The molecule has 0 unspecified atom stereocenters. The van der Waals surface area contributed by atoms with Gasteiger partial charge in [0.2, 0.25) is 5.28 Å². The maximum Gasteiger partial charge on any atom is 0.296 e. The lowest BCUT2D eigenvalue weighted by Gasteiger charge is -2.28. The molecule has 0 saturated heterocycles. The van der Waals surface area contributed by atoms with E-state index in [4.69, 9.17) is 17.3 Å². The Balaban J connectivity index is 1.40. The van der Waals surface area contributed by atoms with Crippen molar-refractivity contribution in [1.82, 2.24) is 15.0 Å². The van der Waals surface area contributed by atoms with Gasteiger partial charge < -0.3 is 11.1 Å². The summed E-state index contributed by atoms with van der Waals surface area (Å²) in [6.45, 7) is 3.72. The van der Waals surface area contributed by atoms with Crippen molar-refractivity contribution in [2.75, 3.05) is 17.6 Å². The molecule has 0 radical (unpaired) electrons. The van der Waals surface area contributed by atoms with Gasteiger partial charge in [-0.2, -0.15) is 25.3 Å². The van der Waals surface area contributed by atoms with Gasteiger partial charge in [-0.15, -0.1) is 0 Å². The molecule has 1 aromatic heterocycles. The number of nitrogens with two attached hydrogens (primary N) is 1. The highest BCUT2D eigenvalue weighted by atomic mass is 35.5. The molecule has 3 aromatic carbocycles. The minimum Gasteiger partial charge on any atom is -0.397 e. The summed E-state index contributed by atoms with van der Waals surface area (Å²) in [6.07, 6.45) is 0.0558. The first kappa shape index (κ1) is 36.9. The summed E-state index contributed by atoms with van der Waals surface area (Å²) in [6, 6.07) is 9.45. The molecule has 6 N–H and O–H groups in total. The van der Waals surface area contributed by atoms with Crippen LogP contribution in [0.25, 0.3) is 0 Å². The SMILES string of the molecule is CC(C)(CCc1nc(Cl)nc(Cc2cc(S(=O)(=O)O)ccc2S(=O)(=O)O)n1)CNc1cc(S(=O)(=O)O)c(N)c2c1C(=O)c1ccccc1C2=O. The van der Waals surface area contributed by atoms with E-state index in [0.717, 1.165) is 24.3 Å². The Morgan fingerprint density at radius 3 is 1.94 bits per heavy atom. The highest BCUT2D eigenvalue weighted by Crippen LogP contribution is 2.39. The molecule has 0 amide bonds. The van der Waals surface area contributed by atoms with E-state index in [2.05, 4.69) is 20.3 Å². The highest BCUT2D eigenvalue weighted by Gasteiger charge is 2.37. The van der Waals surface area contributed by atoms with E-state index in [0.29, 0.717) is 6.42 Å². The van der Waals surface area contributed by atoms with E-state index in [1.54, 1.807) is 12.1 Å². The number of carbonyl (C=O) groups excluding carboxylic acids is 2. The van der Waals surface area contributed by atoms with Crippen LogP contribution in [-0.4, -0.2) is 72.0 Å². The molecule has 0 aliphatic heterocycles. The number of benzene rings is 3. The van der Waals surface area contributed by atoms with Crippen molar-refractivity contribution in [2.24, 2.45) is 5.41 Å². The van der Waals surface area contributed by atoms with Crippen LogP contribution in [0.1, 0.15) is 69.3 Å². The second kappa shape index (κ2) is 13.1. The largest absolute Gasteiger partial charge is 0.397 e. The van der Waals surface area contributed by atoms with Crippen LogP contribution in [0.15, 0.2) is 63.2 Å². The van der Waals surface area contributed by atoms with Gasteiger partial charge in [0.25, 0.3) is 30.4 Å². The number of carbonyl (C=O) groups is 2. The van der Waals surface area contributed by atoms with Gasteiger partial charge in [-0.25, -0.2) is 15.0 Å². The lowest BCUT2D eigenvalue weighted by Crippen LogP contribution is -2.28. The third-order valence-electron chi connectivity index (χ3n) is 7.92. The average Bonchev–Trinajstić information content (AvgIpc) is 3.00. The number of rotatable bonds is 11. The van der Waals surface area contributed by atoms with E-state index in [1.165, 1.54) is 12.1 Å². The third kappa shape index (κ3) is 7.68. The predicted octanol–water partition coefficient (Wildman–Crippen LogP) is 3.28. The number of nitrogens with zero attached hydrogens (tertiary/aromatic N) is 3. The molecule has 4 aromatic rings. The summed E-state index contributed by atoms with van der Waals surface area (Å²) in [5, 5.41) is 2.76.